The van der Waals surface area contributed by atoms with Gasteiger partial charge in [0.1, 0.15) is 12.2 Å². The molecule has 0 aliphatic carbocycles. The monoisotopic (exact) mass is 252 g/mol. The first-order valence-corrected chi connectivity index (χ1v) is 6.82. The van der Waals surface area contributed by atoms with E-state index in [0.29, 0.717) is 5.92 Å². The standard InChI is InChI=1S/C13H24N4O/c1-4-17-10-14-15-12(17)11-6-5-7-16(8-11)9-13(2,3)18/h10-11,18H,4-9H2,1-3H3. The van der Waals surface area contributed by atoms with E-state index in [1.807, 2.05) is 20.2 Å². The number of hydrogen-bond acceptors (Lipinski definition) is 4. The van der Waals surface area contributed by atoms with Crippen LogP contribution in [0.1, 0.15) is 45.4 Å². The summed E-state index contributed by atoms with van der Waals surface area (Å²) in [6, 6.07) is 0. The zero-order chi connectivity index (χ0) is 13.2. The highest BCUT2D eigenvalue weighted by atomic mass is 16.3. The average molecular weight is 252 g/mol. The lowest BCUT2D eigenvalue weighted by Gasteiger charge is -2.35. The van der Waals surface area contributed by atoms with Gasteiger partial charge in [-0.3, -0.25) is 4.90 Å². The van der Waals surface area contributed by atoms with Gasteiger partial charge in [-0.1, -0.05) is 0 Å². The molecular weight excluding hydrogens is 228 g/mol. The Hall–Kier alpha value is -0.940. The molecule has 0 bridgehead atoms. The predicted molar refractivity (Wildman–Crippen MR) is 70.4 cm³/mol. The molecule has 1 aromatic heterocycles. The third-order valence-electron chi connectivity index (χ3n) is 3.47. The number of β-amino-alcohol motifs (C(OH)–C–C–N with tert-alkyl or cyclic N) is 1. The van der Waals surface area contributed by atoms with Crippen molar-refractivity contribution in [2.24, 2.45) is 0 Å². The molecule has 0 amide bonds. The third-order valence-corrected chi connectivity index (χ3v) is 3.47. The van der Waals surface area contributed by atoms with Crippen molar-refractivity contribution >= 4 is 0 Å². The third kappa shape index (κ3) is 3.29. The molecule has 102 valence electrons. The van der Waals surface area contributed by atoms with Gasteiger partial charge in [-0.2, -0.15) is 0 Å². The number of piperidine rings is 1. The number of aliphatic hydroxyl groups is 1. The van der Waals surface area contributed by atoms with E-state index < -0.39 is 5.60 Å². The molecule has 1 saturated heterocycles. The van der Waals surface area contributed by atoms with Gasteiger partial charge in [0.25, 0.3) is 0 Å². The van der Waals surface area contributed by atoms with Crippen molar-refractivity contribution in [1.29, 1.82) is 0 Å². The highest BCUT2D eigenvalue weighted by Crippen LogP contribution is 2.26. The lowest BCUT2D eigenvalue weighted by atomic mass is 9.96. The zero-order valence-electron chi connectivity index (χ0n) is 11.6. The Morgan fingerprint density at radius 2 is 2.28 bits per heavy atom. The lowest BCUT2D eigenvalue weighted by molar-refractivity contribution is 0.0265. The first kappa shape index (κ1) is 13.5. The Morgan fingerprint density at radius 1 is 1.50 bits per heavy atom. The van der Waals surface area contributed by atoms with Gasteiger partial charge < -0.3 is 9.67 Å². The summed E-state index contributed by atoms with van der Waals surface area (Å²) < 4.78 is 2.12. The Balaban J connectivity index is 2.03. The molecule has 0 spiro atoms. The van der Waals surface area contributed by atoms with Gasteiger partial charge >= 0.3 is 0 Å². The van der Waals surface area contributed by atoms with Crippen LogP contribution < -0.4 is 0 Å². The van der Waals surface area contributed by atoms with Gasteiger partial charge in [0.2, 0.25) is 0 Å². The van der Waals surface area contributed by atoms with Crippen molar-refractivity contribution in [1.82, 2.24) is 19.7 Å². The minimum atomic E-state index is -0.625. The number of hydrogen-bond donors (Lipinski definition) is 1. The quantitative estimate of drug-likeness (QED) is 0.876. The van der Waals surface area contributed by atoms with Crippen LogP contribution in [0.15, 0.2) is 6.33 Å². The van der Waals surface area contributed by atoms with Crippen LogP contribution in [0.25, 0.3) is 0 Å². The van der Waals surface area contributed by atoms with Crippen molar-refractivity contribution in [3.63, 3.8) is 0 Å². The van der Waals surface area contributed by atoms with Gasteiger partial charge in [0.15, 0.2) is 0 Å². The van der Waals surface area contributed by atoms with E-state index >= 15 is 0 Å². The van der Waals surface area contributed by atoms with Crippen molar-refractivity contribution < 1.29 is 5.11 Å². The fourth-order valence-electron chi connectivity index (χ4n) is 2.78. The largest absolute Gasteiger partial charge is 0.389 e. The zero-order valence-corrected chi connectivity index (χ0v) is 11.6. The second-order valence-corrected chi connectivity index (χ2v) is 5.86. The summed E-state index contributed by atoms with van der Waals surface area (Å²) in [6.07, 6.45) is 4.14. The summed E-state index contributed by atoms with van der Waals surface area (Å²) in [5.41, 5.74) is -0.625. The summed E-state index contributed by atoms with van der Waals surface area (Å²) in [5, 5.41) is 18.2. The summed E-state index contributed by atoms with van der Waals surface area (Å²) >= 11 is 0. The van der Waals surface area contributed by atoms with Crippen molar-refractivity contribution in [3.05, 3.63) is 12.2 Å². The lowest BCUT2D eigenvalue weighted by Crippen LogP contribution is -2.43. The van der Waals surface area contributed by atoms with E-state index in [1.54, 1.807) is 0 Å². The van der Waals surface area contributed by atoms with Crippen LogP contribution >= 0.6 is 0 Å². The fourth-order valence-corrected chi connectivity index (χ4v) is 2.78. The van der Waals surface area contributed by atoms with Crippen LogP contribution in [0.2, 0.25) is 0 Å². The molecule has 5 heteroatoms. The Labute approximate surface area is 109 Å². The smallest absolute Gasteiger partial charge is 0.137 e. The normalized spacial score (nSPS) is 22.3. The first-order valence-electron chi connectivity index (χ1n) is 6.82. The van der Waals surface area contributed by atoms with Gasteiger partial charge in [0, 0.05) is 25.6 Å². The maximum absolute atomic E-state index is 9.91. The molecule has 18 heavy (non-hydrogen) atoms. The van der Waals surface area contributed by atoms with E-state index in [-0.39, 0.29) is 0 Å². The maximum atomic E-state index is 9.91. The van der Waals surface area contributed by atoms with Crippen LogP contribution in [0.3, 0.4) is 0 Å². The maximum Gasteiger partial charge on any atom is 0.137 e. The molecule has 1 aromatic rings. The van der Waals surface area contributed by atoms with Crippen LogP contribution in [0, 0.1) is 0 Å². The molecule has 0 saturated carbocycles. The molecular formula is C13H24N4O. The molecule has 1 aliphatic heterocycles. The van der Waals surface area contributed by atoms with Crippen molar-refractivity contribution in [3.8, 4) is 0 Å². The molecule has 5 nitrogen and oxygen atoms in total. The Morgan fingerprint density at radius 3 is 2.94 bits per heavy atom. The van der Waals surface area contributed by atoms with Crippen LogP contribution in [0.5, 0.6) is 0 Å². The van der Waals surface area contributed by atoms with E-state index in [9.17, 15) is 5.11 Å². The Bertz CT molecular complexity index is 383. The predicted octanol–water partition coefficient (Wildman–Crippen LogP) is 1.25. The average Bonchev–Trinajstić information content (AvgIpc) is 2.75. The van der Waals surface area contributed by atoms with E-state index in [1.165, 1.54) is 6.42 Å². The molecule has 1 unspecified atom stereocenters. The minimum Gasteiger partial charge on any atom is -0.389 e. The van der Waals surface area contributed by atoms with E-state index in [0.717, 1.165) is 38.4 Å². The second-order valence-electron chi connectivity index (χ2n) is 5.86. The SMILES string of the molecule is CCn1cnnc1C1CCCN(CC(C)(C)O)C1. The van der Waals surface area contributed by atoms with Crippen molar-refractivity contribution in [2.45, 2.75) is 51.7 Å². The molecule has 0 aromatic carbocycles. The number of likely N-dealkylation sites (tertiary alicyclic amines) is 1. The number of rotatable bonds is 4. The molecule has 1 aliphatic rings. The van der Waals surface area contributed by atoms with Crippen LogP contribution in [0.4, 0.5) is 0 Å². The van der Waals surface area contributed by atoms with E-state index in [4.69, 9.17) is 0 Å². The van der Waals surface area contributed by atoms with Crippen molar-refractivity contribution in [2.75, 3.05) is 19.6 Å². The summed E-state index contributed by atoms with van der Waals surface area (Å²) in [4.78, 5) is 2.34. The number of nitrogens with zero attached hydrogens (tertiary/aromatic N) is 4. The fraction of sp³-hybridized carbons (Fsp3) is 0.846. The molecule has 0 radical (unpaired) electrons. The molecule has 1 N–H and O–H groups in total. The molecule has 1 atom stereocenters. The molecule has 1 fully saturated rings. The topological polar surface area (TPSA) is 54.2 Å². The van der Waals surface area contributed by atoms with Gasteiger partial charge in [0.05, 0.1) is 5.60 Å². The summed E-state index contributed by atoms with van der Waals surface area (Å²) in [6.45, 7) is 9.54. The van der Waals surface area contributed by atoms with Gasteiger partial charge in [-0.05, 0) is 40.2 Å². The highest BCUT2D eigenvalue weighted by molar-refractivity contribution is 5.00. The van der Waals surface area contributed by atoms with E-state index in [2.05, 4.69) is 26.6 Å². The van der Waals surface area contributed by atoms with Gasteiger partial charge in [-0.25, -0.2) is 0 Å². The number of aromatic nitrogens is 3. The molecule has 2 rings (SSSR count). The summed E-state index contributed by atoms with van der Waals surface area (Å²) in [7, 11) is 0. The van der Waals surface area contributed by atoms with Crippen LogP contribution in [-0.2, 0) is 6.54 Å². The second kappa shape index (κ2) is 5.36. The molecule has 2 heterocycles. The van der Waals surface area contributed by atoms with Crippen LogP contribution in [-0.4, -0.2) is 50.0 Å². The summed E-state index contributed by atoms with van der Waals surface area (Å²) in [5.74, 6) is 1.54. The van der Waals surface area contributed by atoms with Gasteiger partial charge in [-0.15, -0.1) is 10.2 Å². The minimum absolute atomic E-state index is 0.448. The first-order chi connectivity index (χ1) is 8.49. The highest BCUT2D eigenvalue weighted by Gasteiger charge is 2.27. The Kier molecular flexibility index (Phi) is 4.02. The number of aryl methyl sites for hydroxylation is 1.